The number of nitrogens with one attached hydrogen (secondary N) is 1. The molecule has 1 aromatic rings. The van der Waals surface area contributed by atoms with E-state index in [1.165, 1.54) is 0 Å². The number of para-hydroxylation sites is 1. The summed E-state index contributed by atoms with van der Waals surface area (Å²) in [5.74, 6) is -1.59. The Kier molecular flexibility index (Phi) is 3.83. The Hall–Kier alpha value is -2.10. The molecule has 4 heteroatoms. The number of carbonyl (C=O) groups is 2. The summed E-state index contributed by atoms with van der Waals surface area (Å²) >= 11 is 0. The van der Waals surface area contributed by atoms with Crippen molar-refractivity contribution >= 4 is 17.6 Å². The summed E-state index contributed by atoms with van der Waals surface area (Å²) in [5.41, 5.74) is 2.61. The average Bonchev–Trinajstić information content (AvgIpc) is 2.21. The number of carboxylic acids is 1. The van der Waals surface area contributed by atoms with Gasteiger partial charge in [-0.2, -0.15) is 0 Å². The van der Waals surface area contributed by atoms with Crippen molar-refractivity contribution in [1.29, 1.82) is 0 Å². The molecule has 0 bridgehead atoms. The van der Waals surface area contributed by atoms with E-state index in [1.54, 1.807) is 0 Å². The Labute approximate surface area is 93.6 Å². The number of carboxylic acid groups (broad SMARTS) is 1. The molecule has 0 aliphatic rings. The Morgan fingerprint density at radius 1 is 1.19 bits per heavy atom. The fourth-order valence-corrected chi connectivity index (χ4v) is 1.32. The van der Waals surface area contributed by atoms with Crippen LogP contribution in [0, 0.1) is 13.8 Å². The van der Waals surface area contributed by atoms with Gasteiger partial charge in [-0.05, 0) is 25.0 Å². The van der Waals surface area contributed by atoms with E-state index in [0.29, 0.717) is 0 Å². The molecule has 0 saturated carbocycles. The van der Waals surface area contributed by atoms with Crippen LogP contribution in [0.25, 0.3) is 0 Å². The van der Waals surface area contributed by atoms with Crippen LogP contribution in [0.3, 0.4) is 0 Å². The first-order valence-corrected chi connectivity index (χ1v) is 4.79. The van der Waals surface area contributed by atoms with Crippen molar-refractivity contribution in [2.45, 2.75) is 13.8 Å². The van der Waals surface area contributed by atoms with E-state index in [2.05, 4.69) is 5.32 Å². The lowest BCUT2D eigenvalue weighted by Gasteiger charge is -2.09. The minimum absolute atomic E-state index is 0.445. The van der Waals surface area contributed by atoms with Gasteiger partial charge in [-0.3, -0.25) is 4.79 Å². The van der Waals surface area contributed by atoms with Crippen molar-refractivity contribution in [2.75, 3.05) is 5.32 Å². The highest BCUT2D eigenvalue weighted by Gasteiger charge is 2.04. The van der Waals surface area contributed by atoms with Gasteiger partial charge in [-0.15, -0.1) is 0 Å². The highest BCUT2D eigenvalue weighted by atomic mass is 16.4. The SMILES string of the molecule is Cc1cccc(C)c1NC(=O)/C=C/C(=O)O. The van der Waals surface area contributed by atoms with Gasteiger partial charge in [-0.25, -0.2) is 4.79 Å². The molecule has 1 rings (SSSR count). The molecule has 0 fully saturated rings. The summed E-state index contributed by atoms with van der Waals surface area (Å²) in [4.78, 5) is 21.6. The maximum atomic E-state index is 11.4. The molecule has 4 nitrogen and oxygen atoms in total. The maximum absolute atomic E-state index is 11.4. The molecular weight excluding hydrogens is 206 g/mol. The minimum Gasteiger partial charge on any atom is -0.478 e. The van der Waals surface area contributed by atoms with Crippen molar-refractivity contribution in [3.05, 3.63) is 41.5 Å². The number of hydrogen-bond donors (Lipinski definition) is 2. The lowest BCUT2D eigenvalue weighted by molar-refractivity contribution is -0.131. The van der Waals surface area contributed by atoms with Crippen molar-refractivity contribution in [2.24, 2.45) is 0 Å². The second kappa shape index (κ2) is 5.11. The molecule has 0 saturated heterocycles. The monoisotopic (exact) mass is 219 g/mol. The largest absolute Gasteiger partial charge is 0.478 e. The molecule has 1 amide bonds. The number of benzene rings is 1. The van der Waals surface area contributed by atoms with Crippen molar-refractivity contribution in [1.82, 2.24) is 0 Å². The molecule has 0 aliphatic carbocycles. The topological polar surface area (TPSA) is 66.4 Å². The minimum atomic E-state index is -1.14. The van der Waals surface area contributed by atoms with Gasteiger partial charge in [-0.1, -0.05) is 18.2 Å². The molecule has 0 aromatic heterocycles. The molecule has 0 atom stereocenters. The van der Waals surface area contributed by atoms with Crippen LogP contribution in [0.15, 0.2) is 30.4 Å². The number of hydrogen-bond acceptors (Lipinski definition) is 2. The van der Waals surface area contributed by atoms with Crippen molar-refractivity contribution in [3.63, 3.8) is 0 Å². The summed E-state index contributed by atoms with van der Waals surface area (Å²) < 4.78 is 0. The normalized spacial score (nSPS) is 10.4. The van der Waals surface area contributed by atoms with E-state index in [-0.39, 0.29) is 0 Å². The molecule has 0 heterocycles. The molecule has 2 N–H and O–H groups in total. The lowest BCUT2D eigenvalue weighted by Crippen LogP contribution is -2.10. The van der Waals surface area contributed by atoms with Crippen LogP contribution in [0.2, 0.25) is 0 Å². The van der Waals surface area contributed by atoms with Crippen LogP contribution >= 0.6 is 0 Å². The Bertz CT molecular complexity index is 429. The fourth-order valence-electron chi connectivity index (χ4n) is 1.32. The smallest absolute Gasteiger partial charge is 0.328 e. The van der Waals surface area contributed by atoms with Gasteiger partial charge in [0.25, 0.3) is 0 Å². The molecule has 84 valence electrons. The zero-order chi connectivity index (χ0) is 12.1. The lowest BCUT2D eigenvalue weighted by atomic mass is 10.1. The number of carbonyl (C=O) groups excluding carboxylic acids is 1. The van der Waals surface area contributed by atoms with Gasteiger partial charge in [0.15, 0.2) is 0 Å². The van der Waals surface area contributed by atoms with E-state index in [9.17, 15) is 9.59 Å². The zero-order valence-corrected chi connectivity index (χ0v) is 9.15. The third-order valence-corrected chi connectivity index (χ3v) is 2.11. The molecule has 0 spiro atoms. The third kappa shape index (κ3) is 3.24. The Morgan fingerprint density at radius 3 is 2.25 bits per heavy atom. The molecule has 0 aliphatic heterocycles. The van der Waals surface area contributed by atoms with Gasteiger partial charge in [0.2, 0.25) is 5.91 Å². The molecular formula is C12H13NO3. The van der Waals surface area contributed by atoms with Crippen molar-refractivity contribution < 1.29 is 14.7 Å². The quantitative estimate of drug-likeness (QED) is 0.763. The van der Waals surface area contributed by atoms with E-state index >= 15 is 0 Å². The number of anilines is 1. The number of aryl methyl sites for hydroxylation is 2. The maximum Gasteiger partial charge on any atom is 0.328 e. The second-order valence-corrected chi connectivity index (χ2v) is 3.43. The fraction of sp³-hybridized carbons (Fsp3) is 0.167. The zero-order valence-electron chi connectivity index (χ0n) is 9.15. The van der Waals surface area contributed by atoms with Crippen LogP contribution in [0.5, 0.6) is 0 Å². The van der Waals surface area contributed by atoms with Crippen LogP contribution in [0.1, 0.15) is 11.1 Å². The van der Waals surface area contributed by atoms with E-state index in [1.807, 2.05) is 32.0 Å². The molecule has 0 radical (unpaired) electrons. The number of rotatable bonds is 3. The summed E-state index contributed by atoms with van der Waals surface area (Å²) in [7, 11) is 0. The average molecular weight is 219 g/mol. The van der Waals surface area contributed by atoms with E-state index in [4.69, 9.17) is 5.11 Å². The standard InChI is InChI=1S/C12H13NO3/c1-8-4-3-5-9(2)12(8)13-10(14)6-7-11(15)16/h3-7H,1-2H3,(H,13,14)(H,15,16)/b7-6+. The highest BCUT2D eigenvalue weighted by Crippen LogP contribution is 2.19. The number of amides is 1. The van der Waals surface area contributed by atoms with Gasteiger partial charge in [0, 0.05) is 17.8 Å². The molecule has 16 heavy (non-hydrogen) atoms. The summed E-state index contributed by atoms with van der Waals surface area (Å²) in [5, 5.41) is 11.0. The first-order valence-electron chi connectivity index (χ1n) is 4.79. The summed E-state index contributed by atoms with van der Waals surface area (Å²) in [6.07, 6.45) is 1.80. The van der Waals surface area contributed by atoms with Crippen LogP contribution < -0.4 is 5.32 Å². The van der Waals surface area contributed by atoms with Gasteiger partial charge < -0.3 is 10.4 Å². The number of aliphatic carboxylic acids is 1. The van der Waals surface area contributed by atoms with Gasteiger partial charge in [0.05, 0.1) is 0 Å². The van der Waals surface area contributed by atoms with Crippen LogP contribution in [0.4, 0.5) is 5.69 Å². The van der Waals surface area contributed by atoms with E-state index in [0.717, 1.165) is 29.0 Å². The highest BCUT2D eigenvalue weighted by molar-refractivity contribution is 6.03. The molecule has 0 unspecified atom stereocenters. The molecule has 1 aromatic carbocycles. The predicted molar refractivity (Wildman–Crippen MR) is 61.3 cm³/mol. The summed E-state index contributed by atoms with van der Waals surface area (Å²) in [6.45, 7) is 3.76. The van der Waals surface area contributed by atoms with Crippen LogP contribution in [-0.2, 0) is 9.59 Å². The third-order valence-electron chi connectivity index (χ3n) is 2.11. The van der Waals surface area contributed by atoms with Gasteiger partial charge >= 0.3 is 5.97 Å². The first-order chi connectivity index (χ1) is 7.50. The Morgan fingerprint density at radius 2 is 1.75 bits per heavy atom. The van der Waals surface area contributed by atoms with E-state index < -0.39 is 11.9 Å². The summed E-state index contributed by atoms with van der Waals surface area (Å²) in [6, 6.07) is 5.65. The van der Waals surface area contributed by atoms with Crippen LogP contribution in [-0.4, -0.2) is 17.0 Å². The van der Waals surface area contributed by atoms with Gasteiger partial charge in [0.1, 0.15) is 0 Å². The second-order valence-electron chi connectivity index (χ2n) is 3.43. The van der Waals surface area contributed by atoms with Crippen molar-refractivity contribution in [3.8, 4) is 0 Å². The first kappa shape index (κ1) is 12.0. The predicted octanol–water partition coefficient (Wildman–Crippen LogP) is 1.88. The Balaban J connectivity index is 2.81.